The lowest BCUT2D eigenvalue weighted by Crippen LogP contribution is -2.17. The zero-order chi connectivity index (χ0) is 13.0. The Morgan fingerprint density at radius 3 is 2.67 bits per heavy atom. The van der Waals surface area contributed by atoms with Crippen LogP contribution in [-0.2, 0) is 4.74 Å². The lowest BCUT2D eigenvalue weighted by molar-refractivity contribution is 0.0404. The zero-order valence-corrected chi connectivity index (χ0v) is 10.1. The maximum absolute atomic E-state index is 13.3. The van der Waals surface area contributed by atoms with Gasteiger partial charge >= 0.3 is 5.97 Å². The molecule has 0 aromatic heterocycles. The number of rotatable bonds is 3. The molecule has 0 saturated heterocycles. The predicted molar refractivity (Wildman–Crippen MR) is 63.2 cm³/mol. The van der Waals surface area contributed by atoms with Gasteiger partial charge in [0, 0.05) is 0 Å². The van der Waals surface area contributed by atoms with Crippen molar-refractivity contribution in [3.8, 4) is 0 Å². The fourth-order valence-corrected chi connectivity index (χ4v) is 2.28. The average molecular weight is 254 g/mol. The summed E-state index contributed by atoms with van der Waals surface area (Å²) in [5.74, 6) is -1.80. The van der Waals surface area contributed by atoms with Crippen molar-refractivity contribution >= 4 is 5.97 Å². The Kier molecular flexibility index (Phi) is 4.28. The monoisotopic (exact) mass is 254 g/mol. The van der Waals surface area contributed by atoms with Crippen molar-refractivity contribution in [2.24, 2.45) is 5.92 Å². The molecule has 0 amide bonds. The Hall–Kier alpha value is -1.45. The molecule has 2 rings (SSSR count). The molecular weight excluding hydrogens is 238 g/mol. The molecule has 0 N–H and O–H groups in total. The molecule has 1 aromatic carbocycles. The van der Waals surface area contributed by atoms with Crippen molar-refractivity contribution in [3.63, 3.8) is 0 Å². The summed E-state index contributed by atoms with van der Waals surface area (Å²) in [5, 5.41) is 0. The third kappa shape index (κ3) is 3.28. The van der Waals surface area contributed by atoms with Gasteiger partial charge in [0.15, 0.2) is 0 Å². The van der Waals surface area contributed by atoms with E-state index < -0.39 is 17.6 Å². The SMILES string of the molecule is O=C(OCC1CCCCC1)c1cc(F)ccc1F. The van der Waals surface area contributed by atoms with E-state index in [1.165, 1.54) is 6.42 Å². The molecule has 0 spiro atoms. The third-order valence-corrected chi connectivity index (χ3v) is 3.32. The minimum absolute atomic E-state index is 0.300. The van der Waals surface area contributed by atoms with Crippen LogP contribution < -0.4 is 0 Å². The van der Waals surface area contributed by atoms with Gasteiger partial charge in [0.25, 0.3) is 0 Å². The van der Waals surface area contributed by atoms with E-state index in [-0.39, 0.29) is 5.56 Å². The molecule has 18 heavy (non-hydrogen) atoms. The Morgan fingerprint density at radius 2 is 1.94 bits per heavy atom. The van der Waals surface area contributed by atoms with Crippen molar-refractivity contribution in [1.82, 2.24) is 0 Å². The summed E-state index contributed by atoms with van der Waals surface area (Å²) in [6, 6.07) is 2.79. The summed E-state index contributed by atoms with van der Waals surface area (Å²) in [7, 11) is 0. The first kappa shape index (κ1) is 13.0. The number of carbonyl (C=O) groups excluding carboxylic acids is 1. The van der Waals surface area contributed by atoms with E-state index in [9.17, 15) is 13.6 Å². The smallest absolute Gasteiger partial charge is 0.341 e. The lowest BCUT2D eigenvalue weighted by atomic mass is 9.90. The van der Waals surface area contributed by atoms with Gasteiger partial charge in [-0.25, -0.2) is 13.6 Å². The van der Waals surface area contributed by atoms with Crippen molar-refractivity contribution in [3.05, 3.63) is 35.4 Å². The van der Waals surface area contributed by atoms with E-state index in [4.69, 9.17) is 4.74 Å². The summed E-state index contributed by atoms with van der Waals surface area (Å²) in [6.07, 6.45) is 5.61. The normalized spacial score (nSPS) is 16.6. The fraction of sp³-hybridized carbons (Fsp3) is 0.500. The number of benzene rings is 1. The second-order valence-corrected chi connectivity index (χ2v) is 4.73. The number of hydrogen-bond donors (Lipinski definition) is 0. The first-order valence-corrected chi connectivity index (χ1v) is 6.29. The van der Waals surface area contributed by atoms with Crippen LogP contribution in [0.15, 0.2) is 18.2 Å². The molecule has 0 atom stereocenters. The van der Waals surface area contributed by atoms with Gasteiger partial charge in [-0.15, -0.1) is 0 Å². The molecule has 1 fully saturated rings. The predicted octanol–water partition coefficient (Wildman–Crippen LogP) is 3.70. The van der Waals surface area contributed by atoms with E-state index in [2.05, 4.69) is 0 Å². The highest BCUT2D eigenvalue weighted by atomic mass is 19.1. The molecule has 1 aromatic rings. The maximum atomic E-state index is 13.3. The van der Waals surface area contributed by atoms with Crippen LogP contribution in [0.2, 0.25) is 0 Å². The molecule has 2 nitrogen and oxygen atoms in total. The molecule has 98 valence electrons. The van der Waals surface area contributed by atoms with Crippen molar-refractivity contribution in [1.29, 1.82) is 0 Å². The van der Waals surface area contributed by atoms with Crippen LogP contribution in [0.1, 0.15) is 42.5 Å². The molecule has 1 saturated carbocycles. The zero-order valence-electron chi connectivity index (χ0n) is 10.1. The number of hydrogen-bond acceptors (Lipinski definition) is 2. The minimum atomic E-state index is -0.780. The topological polar surface area (TPSA) is 26.3 Å². The number of esters is 1. The third-order valence-electron chi connectivity index (χ3n) is 3.32. The van der Waals surface area contributed by atoms with Gasteiger partial charge in [-0.05, 0) is 37.0 Å². The van der Waals surface area contributed by atoms with Crippen molar-refractivity contribution < 1.29 is 18.3 Å². The van der Waals surface area contributed by atoms with Gasteiger partial charge in [-0.3, -0.25) is 0 Å². The van der Waals surface area contributed by atoms with Crippen LogP contribution in [0, 0.1) is 17.6 Å². The number of halogens is 2. The standard InChI is InChI=1S/C14H16F2O2/c15-11-6-7-13(16)12(8-11)14(17)18-9-10-4-2-1-3-5-10/h6-8,10H,1-5,9H2. The maximum Gasteiger partial charge on any atom is 0.341 e. The van der Waals surface area contributed by atoms with E-state index in [1.54, 1.807) is 0 Å². The highest BCUT2D eigenvalue weighted by Gasteiger charge is 2.18. The number of carbonyl (C=O) groups is 1. The Labute approximate surface area is 105 Å². The number of ether oxygens (including phenoxy) is 1. The van der Waals surface area contributed by atoms with Crippen molar-refractivity contribution in [2.75, 3.05) is 6.61 Å². The Morgan fingerprint density at radius 1 is 1.22 bits per heavy atom. The second kappa shape index (κ2) is 5.94. The van der Waals surface area contributed by atoms with Gasteiger partial charge in [0.2, 0.25) is 0 Å². The molecular formula is C14H16F2O2. The first-order valence-electron chi connectivity index (χ1n) is 6.29. The molecule has 1 aliphatic rings. The molecule has 0 unspecified atom stereocenters. The molecule has 0 bridgehead atoms. The largest absolute Gasteiger partial charge is 0.462 e. The van der Waals surface area contributed by atoms with Crippen LogP contribution in [0.5, 0.6) is 0 Å². The summed E-state index contributed by atoms with van der Waals surface area (Å²) in [5.41, 5.74) is -0.328. The fourth-order valence-electron chi connectivity index (χ4n) is 2.28. The summed E-state index contributed by atoms with van der Waals surface area (Å²) < 4.78 is 31.3. The summed E-state index contributed by atoms with van der Waals surface area (Å²) in [4.78, 5) is 11.6. The average Bonchev–Trinajstić information content (AvgIpc) is 2.40. The quantitative estimate of drug-likeness (QED) is 0.769. The van der Waals surface area contributed by atoms with Crippen LogP contribution in [-0.4, -0.2) is 12.6 Å². The molecule has 0 heterocycles. The van der Waals surface area contributed by atoms with Gasteiger partial charge in [0.05, 0.1) is 12.2 Å². The Bertz CT molecular complexity index is 426. The Balaban J connectivity index is 1.92. The van der Waals surface area contributed by atoms with Gasteiger partial charge in [0.1, 0.15) is 11.6 Å². The summed E-state index contributed by atoms with van der Waals surface area (Å²) in [6.45, 7) is 0.300. The van der Waals surface area contributed by atoms with Crippen LogP contribution in [0.3, 0.4) is 0 Å². The highest BCUT2D eigenvalue weighted by Crippen LogP contribution is 2.24. The summed E-state index contributed by atoms with van der Waals surface area (Å²) >= 11 is 0. The van der Waals surface area contributed by atoms with Crippen LogP contribution in [0.25, 0.3) is 0 Å². The van der Waals surface area contributed by atoms with Crippen LogP contribution >= 0.6 is 0 Å². The molecule has 1 aliphatic carbocycles. The van der Waals surface area contributed by atoms with Crippen molar-refractivity contribution in [2.45, 2.75) is 32.1 Å². The van der Waals surface area contributed by atoms with E-state index >= 15 is 0 Å². The molecule has 4 heteroatoms. The minimum Gasteiger partial charge on any atom is -0.462 e. The van der Waals surface area contributed by atoms with E-state index in [0.717, 1.165) is 43.9 Å². The molecule has 0 aliphatic heterocycles. The van der Waals surface area contributed by atoms with Gasteiger partial charge in [-0.2, -0.15) is 0 Å². The highest BCUT2D eigenvalue weighted by molar-refractivity contribution is 5.89. The molecule has 0 radical (unpaired) electrons. The first-order chi connectivity index (χ1) is 8.66. The van der Waals surface area contributed by atoms with Gasteiger partial charge < -0.3 is 4.74 Å². The van der Waals surface area contributed by atoms with E-state index in [1.807, 2.05) is 0 Å². The second-order valence-electron chi connectivity index (χ2n) is 4.73. The lowest BCUT2D eigenvalue weighted by Gasteiger charge is -2.21. The van der Waals surface area contributed by atoms with Gasteiger partial charge in [-0.1, -0.05) is 19.3 Å². The van der Waals surface area contributed by atoms with Crippen LogP contribution in [0.4, 0.5) is 8.78 Å². The van der Waals surface area contributed by atoms with E-state index in [0.29, 0.717) is 12.5 Å².